The molecule has 0 spiro atoms. The molecule has 0 radical (unpaired) electrons. The van der Waals surface area contributed by atoms with E-state index in [2.05, 4.69) is 17.2 Å². The smallest absolute Gasteiger partial charge is 0.309 e. The van der Waals surface area contributed by atoms with Gasteiger partial charge in [0.1, 0.15) is 5.88 Å². The first-order chi connectivity index (χ1) is 4.00. The summed E-state index contributed by atoms with van der Waals surface area (Å²) in [6, 6.07) is -0.833. The lowest BCUT2D eigenvalue weighted by Gasteiger charge is -1.71. The third kappa shape index (κ3) is 168. The molecule has 0 aromatic heterocycles. The summed E-state index contributed by atoms with van der Waals surface area (Å²) in [7, 11) is 0. The Bertz CT molecular complexity index is 101. The number of amides is 3. The summed E-state index contributed by atoms with van der Waals surface area (Å²) in [4.78, 5) is 18.5. The van der Waals surface area contributed by atoms with Crippen molar-refractivity contribution in [2.75, 3.05) is 5.88 Å². The minimum absolute atomic E-state index is 0.0833. The van der Waals surface area contributed by atoms with E-state index in [-0.39, 0.29) is 5.88 Å². The van der Waals surface area contributed by atoms with Crippen LogP contribution in [-0.4, -0.2) is 17.8 Å². The molecule has 0 saturated carbocycles. The Balaban J connectivity index is 0. The third-order valence-corrected chi connectivity index (χ3v) is 0.395. The summed E-state index contributed by atoms with van der Waals surface area (Å²) < 4.78 is 0. The molecule has 0 fully saturated rings. The Morgan fingerprint density at radius 2 is 1.33 bits per heavy atom. The number of carbonyl (C=O) groups is 2. The van der Waals surface area contributed by atoms with Gasteiger partial charge in [0.15, 0.2) is 0 Å². The zero-order chi connectivity index (χ0) is 7.86. The summed E-state index contributed by atoms with van der Waals surface area (Å²) >= 11 is 4.86. The molecule has 54 valence electrons. The summed E-state index contributed by atoms with van der Waals surface area (Å²) in [5, 5.41) is 0. The summed E-state index contributed by atoms with van der Waals surface area (Å²) in [6.07, 6.45) is 0. The Kier molecular flexibility index (Phi) is 8.53. The van der Waals surface area contributed by atoms with Gasteiger partial charge in [0.05, 0.1) is 0 Å². The SMILES string of the molecule is NC(=O)CCl.NC(N)=O. The zero-order valence-corrected chi connectivity index (χ0v) is 5.39. The Morgan fingerprint density at radius 3 is 1.33 bits per heavy atom. The summed E-state index contributed by atoms with van der Waals surface area (Å²) in [5.41, 5.74) is 13.0. The maximum absolute atomic E-state index is 9.46. The van der Waals surface area contributed by atoms with Crippen LogP contribution in [0.15, 0.2) is 0 Å². The van der Waals surface area contributed by atoms with E-state index in [1.165, 1.54) is 0 Å². The number of carbonyl (C=O) groups excluding carboxylic acids is 2. The second kappa shape index (κ2) is 7.03. The molecule has 0 aliphatic heterocycles. The predicted molar refractivity (Wildman–Crippen MR) is 33.7 cm³/mol. The Morgan fingerprint density at radius 1 is 1.22 bits per heavy atom. The van der Waals surface area contributed by atoms with Crippen LogP contribution in [0.5, 0.6) is 0 Å². The topological polar surface area (TPSA) is 112 Å². The van der Waals surface area contributed by atoms with Crippen LogP contribution < -0.4 is 17.2 Å². The van der Waals surface area contributed by atoms with Gasteiger partial charge < -0.3 is 17.2 Å². The predicted octanol–water partition coefficient (Wildman–Crippen LogP) is -1.27. The fourth-order valence-corrected chi connectivity index (χ4v) is 0. The molecule has 6 N–H and O–H groups in total. The van der Waals surface area contributed by atoms with E-state index in [1.54, 1.807) is 0 Å². The number of primary amides is 3. The van der Waals surface area contributed by atoms with E-state index in [4.69, 9.17) is 16.4 Å². The molecular weight excluding hydrogens is 146 g/mol. The standard InChI is InChI=1S/C2H4ClNO.CH4N2O/c3-1-2(4)5;2-1(3)4/h1H2,(H2,4,5);(H4,2,3,4). The van der Waals surface area contributed by atoms with Gasteiger partial charge in [-0.2, -0.15) is 0 Å². The minimum Gasteiger partial charge on any atom is -0.369 e. The first-order valence-corrected chi connectivity index (χ1v) is 2.43. The van der Waals surface area contributed by atoms with Gasteiger partial charge in [-0.15, -0.1) is 11.6 Å². The molecule has 0 bridgehead atoms. The molecule has 0 heterocycles. The number of rotatable bonds is 1. The van der Waals surface area contributed by atoms with Gasteiger partial charge in [-0.25, -0.2) is 4.79 Å². The highest BCUT2D eigenvalue weighted by Gasteiger charge is 1.79. The largest absolute Gasteiger partial charge is 0.369 e. The maximum atomic E-state index is 9.46. The molecule has 6 heteroatoms. The number of alkyl halides is 1. The monoisotopic (exact) mass is 153 g/mol. The second-order valence-electron chi connectivity index (χ2n) is 1.00. The van der Waals surface area contributed by atoms with Crippen molar-refractivity contribution in [3.63, 3.8) is 0 Å². The zero-order valence-electron chi connectivity index (χ0n) is 4.63. The highest BCUT2D eigenvalue weighted by Crippen LogP contribution is 1.64. The Hall–Kier alpha value is -0.970. The minimum atomic E-state index is -0.833. The van der Waals surface area contributed by atoms with Crippen LogP contribution in [0.3, 0.4) is 0 Å². The molecule has 0 aliphatic rings. The van der Waals surface area contributed by atoms with E-state index in [9.17, 15) is 4.79 Å². The lowest BCUT2D eigenvalue weighted by atomic mass is 10.8. The van der Waals surface area contributed by atoms with Gasteiger partial charge in [0.25, 0.3) is 0 Å². The molecule has 0 aromatic rings. The van der Waals surface area contributed by atoms with Gasteiger partial charge in [-0.05, 0) is 0 Å². The molecule has 9 heavy (non-hydrogen) atoms. The molecule has 0 saturated heterocycles. The highest BCUT2D eigenvalue weighted by atomic mass is 35.5. The number of nitrogens with two attached hydrogens (primary N) is 3. The van der Waals surface area contributed by atoms with Crippen molar-refractivity contribution < 1.29 is 9.59 Å². The van der Waals surface area contributed by atoms with Crippen molar-refractivity contribution in [3.8, 4) is 0 Å². The molecule has 0 rings (SSSR count). The van der Waals surface area contributed by atoms with Crippen LogP contribution in [0.4, 0.5) is 4.79 Å². The Labute approximate surface area is 57.1 Å². The van der Waals surface area contributed by atoms with E-state index < -0.39 is 11.9 Å². The van der Waals surface area contributed by atoms with E-state index >= 15 is 0 Å². The summed E-state index contributed by atoms with van der Waals surface area (Å²) in [5.74, 6) is -0.563. The van der Waals surface area contributed by atoms with Crippen molar-refractivity contribution in [2.24, 2.45) is 17.2 Å². The first-order valence-electron chi connectivity index (χ1n) is 1.90. The van der Waals surface area contributed by atoms with Crippen LogP contribution in [0, 0.1) is 0 Å². The third-order valence-electron chi connectivity index (χ3n) is 0.132. The lowest BCUT2D eigenvalue weighted by molar-refractivity contribution is -0.115. The normalized spacial score (nSPS) is 6.78. The molecular formula is C3H8ClN3O2. The van der Waals surface area contributed by atoms with Gasteiger partial charge in [0.2, 0.25) is 5.91 Å². The average Bonchev–Trinajstić information content (AvgIpc) is 1.65. The van der Waals surface area contributed by atoms with E-state index in [1.807, 2.05) is 0 Å². The molecule has 5 nitrogen and oxygen atoms in total. The molecule has 0 unspecified atom stereocenters. The van der Waals surface area contributed by atoms with Gasteiger partial charge in [0, 0.05) is 0 Å². The molecule has 3 amide bonds. The van der Waals surface area contributed by atoms with Crippen molar-refractivity contribution in [2.45, 2.75) is 0 Å². The summed E-state index contributed by atoms with van der Waals surface area (Å²) in [6.45, 7) is 0. The second-order valence-corrected chi connectivity index (χ2v) is 1.27. The van der Waals surface area contributed by atoms with Gasteiger partial charge >= 0.3 is 6.03 Å². The van der Waals surface area contributed by atoms with Crippen LogP contribution in [-0.2, 0) is 4.79 Å². The molecule has 0 aromatic carbocycles. The van der Waals surface area contributed by atoms with Gasteiger partial charge in [-0.3, -0.25) is 4.79 Å². The van der Waals surface area contributed by atoms with E-state index in [0.29, 0.717) is 0 Å². The number of halogens is 1. The van der Waals surface area contributed by atoms with Crippen LogP contribution >= 0.6 is 11.6 Å². The fourth-order valence-electron chi connectivity index (χ4n) is 0. The molecule has 0 atom stereocenters. The van der Waals surface area contributed by atoms with Crippen LogP contribution in [0.2, 0.25) is 0 Å². The number of urea groups is 1. The highest BCUT2D eigenvalue weighted by molar-refractivity contribution is 6.27. The van der Waals surface area contributed by atoms with E-state index in [0.717, 1.165) is 0 Å². The number of hydrogen-bond acceptors (Lipinski definition) is 2. The van der Waals surface area contributed by atoms with Crippen molar-refractivity contribution >= 4 is 23.5 Å². The van der Waals surface area contributed by atoms with Gasteiger partial charge in [-0.1, -0.05) is 0 Å². The maximum Gasteiger partial charge on any atom is 0.309 e. The number of hydrogen-bond donors (Lipinski definition) is 3. The fraction of sp³-hybridized carbons (Fsp3) is 0.333. The first kappa shape index (κ1) is 10.9. The average molecular weight is 154 g/mol. The lowest BCUT2D eigenvalue weighted by Crippen LogP contribution is -2.18. The van der Waals surface area contributed by atoms with Crippen molar-refractivity contribution in [1.29, 1.82) is 0 Å². The quantitative estimate of drug-likeness (QED) is 0.408. The van der Waals surface area contributed by atoms with Crippen molar-refractivity contribution in [3.05, 3.63) is 0 Å². The van der Waals surface area contributed by atoms with Crippen LogP contribution in [0.1, 0.15) is 0 Å². The molecule has 0 aliphatic carbocycles. The van der Waals surface area contributed by atoms with Crippen LogP contribution in [0.25, 0.3) is 0 Å². The van der Waals surface area contributed by atoms with Crippen molar-refractivity contribution in [1.82, 2.24) is 0 Å².